The first-order valence-corrected chi connectivity index (χ1v) is 7.90. The fraction of sp³-hybridized carbons (Fsp3) is 0.875. The van der Waals surface area contributed by atoms with Gasteiger partial charge in [-0.3, -0.25) is 9.59 Å². The summed E-state index contributed by atoms with van der Waals surface area (Å²) in [7, 11) is 0. The summed E-state index contributed by atoms with van der Waals surface area (Å²) in [6.07, 6.45) is 2.04. The normalized spacial score (nSPS) is 21.4. The van der Waals surface area contributed by atoms with Crippen molar-refractivity contribution >= 4 is 11.9 Å². The van der Waals surface area contributed by atoms with Gasteiger partial charge in [0.1, 0.15) is 13.2 Å². The molecule has 127 valence electrons. The van der Waals surface area contributed by atoms with Gasteiger partial charge in [-0.1, -0.05) is 6.92 Å². The van der Waals surface area contributed by atoms with Gasteiger partial charge >= 0.3 is 11.9 Å². The average Bonchev–Trinajstić information content (AvgIpc) is 2.40. The molecule has 0 aromatic rings. The van der Waals surface area contributed by atoms with E-state index in [-0.39, 0.29) is 31.1 Å². The highest BCUT2D eigenvalue weighted by molar-refractivity contribution is 5.73. The van der Waals surface area contributed by atoms with E-state index in [1.54, 1.807) is 0 Å². The molecule has 1 radical (unpaired) electrons. The van der Waals surface area contributed by atoms with E-state index in [1.165, 1.54) is 0 Å². The average molecular weight is 314 g/mol. The maximum atomic E-state index is 12.2. The number of rotatable bonds is 6. The van der Waals surface area contributed by atoms with Gasteiger partial charge in [-0.15, -0.1) is 10.3 Å². The maximum Gasteiger partial charge on any atom is 0.309 e. The van der Waals surface area contributed by atoms with Crippen molar-refractivity contribution in [2.45, 2.75) is 71.4 Å². The molecule has 6 nitrogen and oxygen atoms in total. The molecule has 1 saturated heterocycles. The molecule has 0 spiro atoms. The Morgan fingerprint density at radius 3 is 2.05 bits per heavy atom. The Balaban J connectivity index is 2.44. The van der Waals surface area contributed by atoms with Gasteiger partial charge in [0.2, 0.25) is 0 Å². The van der Waals surface area contributed by atoms with E-state index in [1.807, 2.05) is 34.6 Å². The molecular formula is C16H28NO5. The predicted molar refractivity (Wildman–Crippen MR) is 80.2 cm³/mol. The van der Waals surface area contributed by atoms with Gasteiger partial charge in [-0.2, -0.15) is 0 Å². The fourth-order valence-corrected chi connectivity index (χ4v) is 3.12. The molecular weight excluding hydrogens is 286 g/mol. The minimum Gasteiger partial charge on any atom is -0.462 e. The van der Waals surface area contributed by atoms with E-state index in [9.17, 15) is 14.8 Å². The molecule has 0 saturated carbocycles. The first-order valence-electron chi connectivity index (χ1n) is 7.90. The molecule has 0 aromatic carbocycles. The van der Waals surface area contributed by atoms with E-state index in [2.05, 4.69) is 0 Å². The number of hydroxylamine groups is 2. The molecule has 0 N–H and O–H groups in total. The molecule has 0 bridgehead atoms. The number of piperidine rings is 1. The number of nitrogens with zero attached hydrogens (tertiary/aromatic N) is 1. The molecule has 0 atom stereocenters. The lowest BCUT2D eigenvalue weighted by Gasteiger charge is -2.49. The van der Waals surface area contributed by atoms with E-state index >= 15 is 0 Å². The van der Waals surface area contributed by atoms with Gasteiger partial charge < -0.3 is 9.47 Å². The van der Waals surface area contributed by atoms with Crippen LogP contribution in [0.3, 0.4) is 0 Å². The number of hydrogen-bond donors (Lipinski definition) is 0. The van der Waals surface area contributed by atoms with Crippen molar-refractivity contribution in [1.82, 2.24) is 5.06 Å². The third kappa shape index (κ3) is 4.95. The molecule has 0 aliphatic carbocycles. The lowest BCUT2D eigenvalue weighted by molar-refractivity contribution is -0.293. The van der Waals surface area contributed by atoms with Crippen molar-refractivity contribution < 1.29 is 24.3 Å². The molecule has 1 fully saturated rings. The Labute approximate surface area is 132 Å². The van der Waals surface area contributed by atoms with Crippen LogP contribution in [0.4, 0.5) is 0 Å². The third-order valence-electron chi connectivity index (χ3n) is 3.97. The van der Waals surface area contributed by atoms with Gasteiger partial charge in [0.15, 0.2) is 0 Å². The van der Waals surface area contributed by atoms with Crippen molar-refractivity contribution in [3.05, 3.63) is 0 Å². The number of hydrogen-bond acceptors (Lipinski definition) is 5. The van der Waals surface area contributed by atoms with Crippen molar-refractivity contribution in [2.75, 3.05) is 13.2 Å². The summed E-state index contributed by atoms with van der Waals surface area (Å²) in [5.74, 6) is -0.900. The van der Waals surface area contributed by atoms with Crippen LogP contribution in [0, 0.1) is 5.92 Å². The number of carbonyl (C=O) groups excluding carboxylic acids is 2. The lowest BCUT2D eigenvalue weighted by Crippen LogP contribution is -2.59. The van der Waals surface area contributed by atoms with Crippen molar-refractivity contribution in [3.8, 4) is 0 Å². The zero-order valence-electron chi connectivity index (χ0n) is 14.3. The van der Waals surface area contributed by atoms with Gasteiger partial charge in [-0.05, 0) is 47.0 Å². The second kappa shape index (κ2) is 7.42. The van der Waals surface area contributed by atoms with Crippen LogP contribution in [0.2, 0.25) is 0 Å². The number of ether oxygens (including phenoxy) is 2. The SMILES string of the molecule is CCCC(=O)OCCOC(=O)C1CC(C)(C)N([O])C(C)(C)C1. The zero-order valence-corrected chi connectivity index (χ0v) is 14.3. The standard InChI is InChI=1S/C16H28NO5/c1-6-7-13(18)21-8-9-22-14(19)12-10-15(2,3)17(20)16(4,5)11-12/h12H,6-11H2,1-5H3. The second-order valence-corrected chi connectivity index (χ2v) is 7.16. The monoisotopic (exact) mass is 314 g/mol. The summed E-state index contributed by atoms with van der Waals surface area (Å²) in [6.45, 7) is 9.40. The minimum atomic E-state index is -0.598. The highest BCUT2D eigenvalue weighted by Crippen LogP contribution is 2.40. The molecule has 6 heteroatoms. The summed E-state index contributed by atoms with van der Waals surface area (Å²) >= 11 is 0. The first kappa shape index (κ1) is 18.9. The van der Waals surface area contributed by atoms with Crippen molar-refractivity contribution in [3.63, 3.8) is 0 Å². The van der Waals surface area contributed by atoms with Crippen LogP contribution in [0.5, 0.6) is 0 Å². The smallest absolute Gasteiger partial charge is 0.309 e. The minimum absolute atomic E-state index is 0.0622. The van der Waals surface area contributed by atoms with E-state index in [0.29, 0.717) is 19.3 Å². The first-order chi connectivity index (χ1) is 10.1. The van der Waals surface area contributed by atoms with Crippen LogP contribution < -0.4 is 0 Å². The maximum absolute atomic E-state index is 12.2. The van der Waals surface area contributed by atoms with E-state index in [4.69, 9.17) is 9.47 Å². The topological polar surface area (TPSA) is 75.7 Å². The quantitative estimate of drug-likeness (QED) is 0.556. The molecule has 0 aromatic heterocycles. The van der Waals surface area contributed by atoms with Crippen molar-refractivity contribution in [2.24, 2.45) is 5.92 Å². The highest BCUT2D eigenvalue weighted by Gasteiger charge is 2.48. The van der Waals surface area contributed by atoms with Crippen molar-refractivity contribution in [1.29, 1.82) is 0 Å². The Kier molecular flexibility index (Phi) is 6.38. The van der Waals surface area contributed by atoms with Crippen LogP contribution in [0.1, 0.15) is 60.3 Å². The third-order valence-corrected chi connectivity index (χ3v) is 3.97. The van der Waals surface area contributed by atoms with Crippen LogP contribution in [0.15, 0.2) is 0 Å². The Morgan fingerprint density at radius 2 is 1.55 bits per heavy atom. The summed E-state index contributed by atoms with van der Waals surface area (Å²) in [5, 5.41) is 13.3. The molecule has 22 heavy (non-hydrogen) atoms. The van der Waals surface area contributed by atoms with Crippen LogP contribution in [-0.4, -0.2) is 41.3 Å². The van der Waals surface area contributed by atoms with Gasteiger partial charge in [0.25, 0.3) is 0 Å². The molecule has 0 amide bonds. The van der Waals surface area contributed by atoms with Crippen LogP contribution in [0.25, 0.3) is 0 Å². The van der Waals surface area contributed by atoms with E-state index in [0.717, 1.165) is 11.5 Å². The van der Waals surface area contributed by atoms with E-state index < -0.39 is 11.1 Å². The van der Waals surface area contributed by atoms with Crippen LogP contribution >= 0.6 is 0 Å². The molecule has 1 aliphatic heterocycles. The number of carbonyl (C=O) groups is 2. The summed E-state index contributed by atoms with van der Waals surface area (Å²) in [5.41, 5.74) is -1.20. The Hall–Kier alpha value is -1.14. The molecule has 1 heterocycles. The van der Waals surface area contributed by atoms with Gasteiger partial charge in [-0.25, -0.2) is 0 Å². The number of esters is 2. The molecule has 1 aliphatic rings. The van der Waals surface area contributed by atoms with Crippen LogP contribution in [-0.2, 0) is 24.3 Å². The summed E-state index contributed by atoms with van der Waals surface area (Å²) in [6, 6.07) is 0. The lowest BCUT2D eigenvalue weighted by atomic mass is 9.75. The summed E-state index contributed by atoms with van der Waals surface area (Å²) < 4.78 is 10.1. The highest BCUT2D eigenvalue weighted by atomic mass is 16.6. The molecule has 1 rings (SSSR count). The Bertz CT molecular complexity index is 387. The largest absolute Gasteiger partial charge is 0.462 e. The summed E-state index contributed by atoms with van der Waals surface area (Å²) in [4.78, 5) is 23.4. The second-order valence-electron chi connectivity index (χ2n) is 7.16. The zero-order chi connectivity index (χ0) is 17.0. The fourth-order valence-electron chi connectivity index (χ4n) is 3.12. The molecule has 0 unspecified atom stereocenters. The Morgan fingerprint density at radius 1 is 1.05 bits per heavy atom. The van der Waals surface area contributed by atoms with Gasteiger partial charge in [0, 0.05) is 17.5 Å². The van der Waals surface area contributed by atoms with Gasteiger partial charge in [0.05, 0.1) is 5.92 Å². The predicted octanol–water partition coefficient (Wildman–Crippen LogP) is 2.49.